The Balaban J connectivity index is 3.85. The molecule has 0 saturated heterocycles. The fraction of sp³-hybridized carbons (Fsp3) is 0.854. The van der Waals surface area contributed by atoms with Gasteiger partial charge >= 0.3 is 19.8 Å². The molecule has 0 rings (SSSR count). The quantitative estimate of drug-likeness (QED) is 0.0200. The van der Waals surface area contributed by atoms with Crippen molar-refractivity contribution in [2.75, 3.05) is 19.8 Å². The molecule has 0 bridgehead atoms. The van der Waals surface area contributed by atoms with Gasteiger partial charge in [0, 0.05) is 12.8 Å². The molecule has 352 valence electrons. The first-order valence-corrected chi connectivity index (χ1v) is 25.9. The van der Waals surface area contributed by atoms with E-state index in [9.17, 15) is 34.1 Å². The van der Waals surface area contributed by atoms with Crippen molar-refractivity contribution in [3.05, 3.63) is 24.3 Å². The van der Waals surface area contributed by atoms with Crippen LogP contribution in [0.4, 0.5) is 0 Å². The first-order valence-electron chi connectivity index (χ1n) is 24.4. The second kappa shape index (κ2) is 43.6. The number of hydrogen-bond acceptors (Lipinski definition) is 8. The van der Waals surface area contributed by atoms with Gasteiger partial charge in [-0.3, -0.25) is 18.6 Å². The minimum Gasteiger partial charge on any atom is -0.480 e. The normalized spacial score (nSPS) is 13.8. The topological polar surface area (TPSA) is 169 Å². The summed E-state index contributed by atoms with van der Waals surface area (Å²) in [5.41, 5.74) is 0. The number of phosphoric ester groups is 1. The van der Waals surface area contributed by atoms with Gasteiger partial charge in [-0.05, 0) is 64.2 Å². The average molecular weight is 872 g/mol. The maximum atomic E-state index is 12.3. The molecule has 0 aromatic rings. The van der Waals surface area contributed by atoms with Crippen LogP contribution in [0.3, 0.4) is 0 Å². The summed E-state index contributed by atoms with van der Waals surface area (Å²) in [6, 6.07) is -1.55. The number of aliphatic hydroxyl groups excluding tert-OH is 1. The lowest BCUT2D eigenvalue weighted by Gasteiger charge is -2.18. The van der Waals surface area contributed by atoms with Gasteiger partial charge in [-0.1, -0.05) is 179 Å². The highest BCUT2D eigenvalue weighted by Gasteiger charge is 2.28. The molecule has 0 aliphatic rings. The molecule has 4 N–H and O–H groups in total. The zero-order valence-electron chi connectivity index (χ0n) is 38.3. The molecule has 0 aromatic carbocycles. The summed E-state index contributed by atoms with van der Waals surface area (Å²) >= 11 is 0. The van der Waals surface area contributed by atoms with Crippen LogP contribution in [0.1, 0.15) is 232 Å². The molecule has 12 heteroatoms. The van der Waals surface area contributed by atoms with Gasteiger partial charge in [0.15, 0.2) is 6.04 Å². The molecule has 0 radical (unpaired) electrons. The summed E-state index contributed by atoms with van der Waals surface area (Å²) in [5.74, 6) is -2.37. The van der Waals surface area contributed by atoms with E-state index in [4.69, 9.17) is 13.8 Å². The van der Waals surface area contributed by atoms with Gasteiger partial charge in [-0.25, -0.2) is 9.36 Å². The van der Waals surface area contributed by atoms with E-state index in [2.05, 4.69) is 43.5 Å². The summed E-state index contributed by atoms with van der Waals surface area (Å²) in [5, 5.41) is 21.9. The zero-order chi connectivity index (χ0) is 44.2. The molecular formula is C48H90NO10P. The molecule has 0 heterocycles. The van der Waals surface area contributed by atoms with Crippen LogP contribution in [0.15, 0.2) is 24.3 Å². The Morgan fingerprint density at radius 2 is 0.867 bits per heavy atom. The van der Waals surface area contributed by atoms with Crippen molar-refractivity contribution in [1.82, 2.24) is 5.32 Å². The minimum absolute atomic E-state index is 0.145. The smallest absolute Gasteiger partial charge is 0.472 e. The zero-order valence-corrected chi connectivity index (χ0v) is 39.2. The number of allylic oxidation sites excluding steroid dienone is 4. The molecule has 0 aromatic heterocycles. The minimum atomic E-state index is -4.76. The number of carbonyl (C=O) groups excluding carboxylic acids is 2. The van der Waals surface area contributed by atoms with Gasteiger partial charge < -0.3 is 25.2 Å². The molecule has 11 nitrogen and oxygen atoms in total. The van der Waals surface area contributed by atoms with Crippen LogP contribution in [-0.2, 0) is 32.7 Å². The highest BCUT2D eigenvalue weighted by atomic mass is 31.2. The highest BCUT2D eigenvalue weighted by Crippen LogP contribution is 2.43. The number of hydrogen-bond donors (Lipinski definition) is 4. The number of aliphatic hydroxyl groups is 1. The molecule has 0 aliphatic carbocycles. The van der Waals surface area contributed by atoms with Gasteiger partial charge in [0.05, 0.1) is 13.2 Å². The lowest BCUT2D eigenvalue weighted by atomic mass is 10.1. The van der Waals surface area contributed by atoms with E-state index in [1.54, 1.807) is 0 Å². The van der Waals surface area contributed by atoms with E-state index < -0.39 is 57.6 Å². The standard InChI is InChI=1S/C48H90NO10P/c1-3-5-7-9-11-13-15-17-19-21-22-24-25-27-29-31-33-35-37-39-46(51)49-45(48(53)54)43-59-60(55,56)58-42-44(50)41-57-47(52)40-38-36-34-32-30-28-26-23-20-18-16-14-12-10-8-6-4-2/h17-20,44-45,50H,3-16,21-43H2,1-2H3,(H,49,51)(H,53,54)(H,55,56)/b19-17+,20-18-. The van der Waals surface area contributed by atoms with Crippen molar-refractivity contribution in [3.63, 3.8) is 0 Å². The molecular weight excluding hydrogens is 781 g/mol. The fourth-order valence-electron chi connectivity index (χ4n) is 6.89. The number of carbonyl (C=O) groups is 3. The van der Waals surface area contributed by atoms with Gasteiger partial charge in [0.25, 0.3) is 0 Å². The third-order valence-electron chi connectivity index (χ3n) is 10.7. The number of rotatable bonds is 46. The summed E-state index contributed by atoms with van der Waals surface area (Å²) in [6.07, 6.45) is 46.2. The maximum Gasteiger partial charge on any atom is 0.472 e. The van der Waals surface area contributed by atoms with Crippen molar-refractivity contribution >= 4 is 25.7 Å². The van der Waals surface area contributed by atoms with E-state index in [-0.39, 0.29) is 12.8 Å². The average Bonchev–Trinajstić information content (AvgIpc) is 3.22. The molecule has 1 amide bonds. The Morgan fingerprint density at radius 1 is 0.517 bits per heavy atom. The molecule has 0 spiro atoms. The fourth-order valence-corrected chi connectivity index (χ4v) is 7.67. The molecule has 60 heavy (non-hydrogen) atoms. The van der Waals surface area contributed by atoms with Crippen LogP contribution in [-0.4, -0.2) is 64.9 Å². The number of carboxylic acids is 1. The second-order valence-electron chi connectivity index (χ2n) is 16.6. The number of amides is 1. The monoisotopic (exact) mass is 872 g/mol. The summed E-state index contributed by atoms with van der Waals surface area (Å²) in [7, 11) is -4.76. The van der Waals surface area contributed by atoms with Gasteiger partial charge in [0.2, 0.25) is 5.91 Å². The maximum absolute atomic E-state index is 12.3. The van der Waals surface area contributed by atoms with E-state index in [0.29, 0.717) is 12.8 Å². The molecule has 0 fully saturated rings. The van der Waals surface area contributed by atoms with E-state index in [0.717, 1.165) is 44.9 Å². The lowest BCUT2D eigenvalue weighted by molar-refractivity contribution is -0.147. The Hall–Kier alpha value is -2.04. The highest BCUT2D eigenvalue weighted by molar-refractivity contribution is 7.47. The number of nitrogens with one attached hydrogen (secondary N) is 1. The Labute approximate surface area is 366 Å². The molecule has 3 unspecified atom stereocenters. The summed E-state index contributed by atoms with van der Waals surface area (Å²) in [6.45, 7) is 2.61. The van der Waals surface area contributed by atoms with Gasteiger partial charge in [0.1, 0.15) is 12.7 Å². The van der Waals surface area contributed by atoms with E-state index >= 15 is 0 Å². The van der Waals surface area contributed by atoms with Crippen LogP contribution in [0.5, 0.6) is 0 Å². The summed E-state index contributed by atoms with van der Waals surface area (Å²) < 4.78 is 26.9. The Kier molecular flexibility index (Phi) is 42.1. The van der Waals surface area contributed by atoms with Crippen LogP contribution in [0.2, 0.25) is 0 Å². The van der Waals surface area contributed by atoms with Crippen molar-refractivity contribution in [2.45, 2.75) is 244 Å². The van der Waals surface area contributed by atoms with Crippen LogP contribution in [0.25, 0.3) is 0 Å². The van der Waals surface area contributed by atoms with E-state index in [1.165, 1.54) is 148 Å². The van der Waals surface area contributed by atoms with Gasteiger partial charge in [-0.15, -0.1) is 0 Å². The van der Waals surface area contributed by atoms with Crippen molar-refractivity contribution in [1.29, 1.82) is 0 Å². The third kappa shape index (κ3) is 42.6. The summed E-state index contributed by atoms with van der Waals surface area (Å²) in [4.78, 5) is 46.0. The lowest BCUT2D eigenvalue weighted by Crippen LogP contribution is -2.43. The predicted molar refractivity (Wildman–Crippen MR) is 245 cm³/mol. The van der Waals surface area contributed by atoms with Crippen molar-refractivity contribution < 1.29 is 47.8 Å². The molecule has 0 saturated carbocycles. The van der Waals surface area contributed by atoms with E-state index in [1.807, 2.05) is 0 Å². The van der Waals surface area contributed by atoms with Crippen LogP contribution >= 0.6 is 7.82 Å². The number of unbranched alkanes of at least 4 members (excludes halogenated alkanes) is 28. The second-order valence-corrected chi connectivity index (χ2v) is 18.1. The Bertz CT molecular complexity index is 1120. The SMILES string of the molecule is CCCCCCCC/C=C\CCCCCCCCCC(=O)OCC(O)COP(=O)(O)OCC(NC(=O)CCCCCCCCCCC/C=C/CCCCCCCC)C(=O)O. The number of esters is 1. The molecule has 3 atom stereocenters. The third-order valence-corrected chi connectivity index (χ3v) is 11.7. The van der Waals surface area contributed by atoms with Crippen LogP contribution in [0, 0.1) is 0 Å². The predicted octanol–water partition coefficient (Wildman–Crippen LogP) is 13.0. The first kappa shape index (κ1) is 58.0. The first-order chi connectivity index (χ1) is 29.1. The van der Waals surface area contributed by atoms with Gasteiger partial charge in [-0.2, -0.15) is 0 Å². The molecule has 0 aliphatic heterocycles. The number of ether oxygens (including phenoxy) is 1. The van der Waals surface area contributed by atoms with Crippen molar-refractivity contribution in [3.8, 4) is 0 Å². The van der Waals surface area contributed by atoms with Crippen molar-refractivity contribution in [2.24, 2.45) is 0 Å². The number of carboxylic acid groups (broad SMARTS) is 1. The number of aliphatic carboxylic acids is 1. The Morgan fingerprint density at radius 3 is 1.27 bits per heavy atom. The van der Waals surface area contributed by atoms with Crippen LogP contribution < -0.4 is 5.32 Å². The largest absolute Gasteiger partial charge is 0.480 e. The number of phosphoric acid groups is 1.